The molecule has 28 heavy (non-hydrogen) atoms. The number of carbonyl (C=O) groups excluding carboxylic acids is 1. The van der Waals surface area contributed by atoms with Crippen molar-refractivity contribution in [2.75, 3.05) is 26.5 Å². The largest absolute Gasteiger partial charge is 0.496 e. The number of hydrogen-bond donors (Lipinski definition) is 1. The molecule has 1 fully saturated rings. The van der Waals surface area contributed by atoms with E-state index in [4.69, 9.17) is 15.2 Å². The molecule has 1 saturated heterocycles. The second kappa shape index (κ2) is 8.32. The van der Waals surface area contributed by atoms with Crippen molar-refractivity contribution >= 4 is 43.6 Å². The van der Waals surface area contributed by atoms with Crippen molar-refractivity contribution in [3.05, 3.63) is 52.0 Å². The summed E-state index contributed by atoms with van der Waals surface area (Å²) in [5, 5.41) is -0.448. The molecule has 1 heterocycles. The molecule has 1 amide bonds. The van der Waals surface area contributed by atoms with E-state index in [-0.39, 0.29) is 16.2 Å². The zero-order valence-corrected chi connectivity index (χ0v) is 18.4. The number of halogens is 1. The average molecular weight is 487 g/mol. The summed E-state index contributed by atoms with van der Waals surface area (Å²) in [5.41, 5.74) is 6.15. The second-order valence-electron chi connectivity index (χ2n) is 5.95. The predicted octanol–water partition coefficient (Wildman–Crippen LogP) is 3.00. The number of benzene rings is 2. The molecule has 0 aliphatic carbocycles. The smallest absolute Gasteiger partial charge is 0.252 e. The molecule has 2 aromatic rings. The minimum absolute atomic E-state index is 0.0106. The van der Waals surface area contributed by atoms with Gasteiger partial charge in [-0.25, -0.2) is 8.42 Å². The first-order valence-electron chi connectivity index (χ1n) is 8.24. The van der Waals surface area contributed by atoms with Crippen molar-refractivity contribution in [1.29, 1.82) is 0 Å². The Hall–Kier alpha value is -1.75. The number of thioether (sulfide) groups is 1. The molecule has 1 atom stereocenters. The van der Waals surface area contributed by atoms with Crippen LogP contribution in [0.3, 0.4) is 0 Å². The lowest BCUT2D eigenvalue weighted by Crippen LogP contribution is -2.31. The van der Waals surface area contributed by atoms with Gasteiger partial charge in [-0.3, -0.25) is 4.79 Å². The van der Waals surface area contributed by atoms with Crippen molar-refractivity contribution in [3.8, 4) is 11.5 Å². The number of carbonyl (C=O) groups is 1. The Bertz CT molecular complexity index is 1010. The topological polar surface area (TPSA) is 98.9 Å². The molecule has 150 valence electrons. The van der Waals surface area contributed by atoms with Crippen LogP contribution >= 0.6 is 27.7 Å². The van der Waals surface area contributed by atoms with Gasteiger partial charge in [-0.15, -0.1) is 11.8 Å². The van der Waals surface area contributed by atoms with Gasteiger partial charge < -0.3 is 15.2 Å². The van der Waals surface area contributed by atoms with Crippen LogP contribution in [0.1, 0.15) is 21.3 Å². The quantitative estimate of drug-likeness (QED) is 0.673. The first-order valence-corrected chi connectivity index (χ1v) is 11.5. The Morgan fingerprint density at radius 3 is 2.50 bits per heavy atom. The van der Waals surface area contributed by atoms with E-state index in [1.165, 1.54) is 41.4 Å². The fraction of sp³-hybridized carbons (Fsp3) is 0.278. The Balaban J connectivity index is 2.06. The molecule has 3 rings (SSSR count). The van der Waals surface area contributed by atoms with E-state index in [0.29, 0.717) is 18.0 Å². The fourth-order valence-electron chi connectivity index (χ4n) is 3.02. The number of rotatable bonds is 6. The van der Waals surface area contributed by atoms with Gasteiger partial charge in [0.15, 0.2) is 0 Å². The lowest BCUT2D eigenvalue weighted by molar-refractivity contribution is 0.0997. The highest BCUT2D eigenvalue weighted by Gasteiger charge is 2.38. The minimum Gasteiger partial charge on any atom is -0.496 e. The monoisotopic (exact) mass is 486 g/mol. The Labute approximate surface area is 176 Å². The summed E-state index contributed by atoms with van der Waals surface area (Å²) < 4.78 is 39.5. The van der Waals surface area contributed by atoms with E-state index in [9.17, 15) is 13.2 Å². The first kappa shape index (κ1) is 21.0. The van der Waals surface area contributed by atoms with Crippen LogP contribution in [-0.4, -0.2) is 45.1 Å². The van der Waals surface area contributed by atoms with Gasteiger partial charge in [0.25, 0.3) is 5.91 Å². The Morgan fingerprint density at radius 2 is 1.86 bits per heavy atom. The minimum atomic E-state index is -3.88. The molecule has 7 nitrogen and oxygen atoms in total. The van der Waals surface area contributed by atoms with Crippen LogP contribution in [-0.2, 0) is 10.0 Å². The second-order valence-corrected chi connectivity index (χ2v) is 9.95. The van der Waals surface area contributed by atoms with Crippen molar-refractivity contribution in [3.63, 3.8) is 0 Å². The van der Waals surface area contributed by atoms with Gasteiger partial charge in [0, 0.05) is 22.3 Å². The number of nitrogens with two attached hydrogens (primary N) is 1. The van der Waals surface area contributed by atoms with E-state index in [1.807, 2.05) is 12.1 Å². The van der Waals surface area contributed by atoms with Crippen molar-refractivity contribution in [2.45, 2.75) is 10.3 Å². The van der Waals surface area contributed by atoms with Crippen LogP contribution in [0.15, 0.2) is 45.8 Å². The van der Waals surface area contributed by atoms with Crippen LogP contribution in [0.25, 0.3) is 0 Å². The zero-order valence-electron chi connectivity index (χ0n) is 15.2. The van der Waals surface area contributed by atoms with Gasteiger partial charge in [-0.1, -0.05) is 15.9 Å². The SMILES string of the molecule is COc1ccc(S(=O)(=O)N2CCSC2c2cc(Br)ccc2OC)cc1C(N)=O. The maximum atomic E-state index is 13.3. The lowest BCUT2D eigenvalue weighted by Gasteiger charge is -2.25. The first-order chi connectivity index (χ1) is 13.3. The summed E-state index contributed by atoms with van der Waals surface area (Å²) in [7, 11) is -0.936. The highest BCUT2D eigenvalue weighted by Crippen LogP contribution is 2.45. The molecule has 0 radical (unpaired) electrons. The molecule has 10 heteroatoms. The third-order valence-corrected chi connectivity index (χ3v) is 8.08. The molecule has 1 aliphatic rings. The van der Waals surface area contributed by atoms with Gasteiger partial charge in [0.1, 0.15) is 11.5 Å². The molecular weight excluding hydrogens is 468 g/mol. The van der Waals surface area contributed by atoms with Gasteiger partial charge in [-0.05, 0) is 36.4 Å². The predicted molar refractivity (Wildman–Crippen MR) is 111 cm³/mol. The standard InChI is InChI=1S/C18H19BrN2O5S2/c1-25-15-6-4-12(10-13(15)17(20)22)28(23,24)21-7-8-27-18(21)14-9-11(19)3-5-16(14)26-2/h3-6,9-10,18H,7-8H2,1-2H3,(H2,20,22). The molecule has 1 aliphatic heterocycles. The van der Waals surface area contributed by atoms with Crippen molar-refractivity contribution in [1.82, 2.24) is 4.31 Å². The van der Waals surface area contributed by atoms with Gasteiger partial charge in [-0.2, -0.15) is 4.31 Å². The highest BCUT2D eigenvalue weighted by atomic mass is 79.9. The number of nitrogens with zero attached hydrogens (tertiary/aromatic N) is 1. The van der Waals surface area contributed by atoms with Gasteiger partial charge in [0.05, 0.1) is 30.1 Å². The molecule has 0 aromatic heterocycles. The number of primary amides is 1. The number of sulfonamides is 1. The number of ether oxygens (including phenoxy) is 2. The highest BCUT2D eigenvalue weighted by molar-refractivity contribution is 9.10. The third kappa shape index (κ3) is 3.86. The van der Waals surface area contributed by atoms with Crippen LogP contribution < -0.4 is 15.2 Å². The summed E-state index contributed by atoms with van der Waals surface area (Å²) in [6, 6.07) is 9.59. The summed E-state index contributed by atoms with van der Waals surface area (Å²) in [6.45, 7) is 0.339. The van der Waals surface area contributed by atoms with E-state index < -0.39 is 21.3 Å². The van der Waals surface area contributed by atoms with Crippen LogP contribution in [0.5, 0.6) is 11.5 Å². The molecular formula is C18H19BrN2O5S2. The lowest BCUT2D eigenvalue weighted by atomic mass is 10.2. The summed E-state index contributed by atoms with van der Waals surface area (Å²) in [4.78, 5) is 11.7. The number of methoxy groups -OCH3 is 2. The molecule has 2 N–H and O–H groups in total. The molecule has 1 unspecified atom stereocenters. The van der Waals surface area contributed by atoms with Crippen LogP contribution in [0, 0.1) is 0 Å². The molecule has 2 aromatic carbocycles. The van der Waals surface area contributed by atoms with E-state index in [2.05, 4.69) is 15.9 Å². The van der Waals surface area contributed by atoms with Crippen LogP contribution in [0.2, 0.25) is 0 Å². The average Bonchev–Trinajstić information content (AvgIpc) is 3.17. The third-order valence-electron chi connectivity index (χ3n) is 4.35. The fourth-order valence-corrected chi connectivity index (χ4v) is 6.67. The Morgan fingerprint density at radius 1 is 1.18 bits per heavy atom. The Kier molecular flexibility index (Phi) is 6.23. The number of hydrogen-bond acceptors (Lipinski definition) is 6. The maximum absolute atomic E-state index is 13.3. The maximum Gasteiger partial charge on any atom is 0.252 e. The number of amides is 1. The summed E-state index contributed by atoms with van der Waals surface area (Å²) in [5.74, 6) is 0.719. The van der Waals surface area contributed by atoms with E-state index in [1.54, 1.807) is 13.2 Å². The zero-order chi connectivity index (χ0) is 20.5. The molecule has 0 bridgehead atoms. The molecule has 0 spiro atoms. The van der Waals surface area contributed by atoms with Gasteiger partial charge >= 0.3 is 0 Å². The van der Waals surface area contributed by atoms with Crippen molar-refractivity contribution in [2.24, 2.45) is 5.73 Å². The molecule has 0 saturated carbocycles. The summed E-state index contributed by atoms with van der Waals surface area (Å²) in [6.07, 6.45) is 0. The van der Waals surface area contributed by atoms with Gasteiger partial charge in [0.2, 0.25) is 10.0 Å². The van der Waals surface area contributed by atoms with E-state index >= 15 is 0 Å². The normalized spacial score (nSPS) is 17.5. The van der Waals surface area contributed by atoms with Crippen LogP contribution in [0.4, 0.5) is 0 Å². The summed E-state index contributed by atoms with van der Waals surface area (Å²) >= 11 is 4.94. The van der Waals surface area contributed by atoms with Crippen molar-refractivity contribution < 1.29 is 22.7 Å². The van der Waals surface area contributed by atoms with E-state index in [0.717, 1.165) is 10.0 Å².